The predicted octanol–water partition coefficient (Wildman–Crippen LogP) is 2.14. The Morgan fingerprint density at radius 1 is 1.17 bits per heavy atom. The van der Waals surface area contributed by atoms with Crippen LogP contribution in [0.5, 0.6) is 11.6 Å². The Hall–Kier alpha value is -1.81. The molecule has 0 atom stereocenters. The maximum atomic E-state index is 5.54. The normalized spacial score (nSPS) is 10.6. The van der Waals surface area contributed by atoms with Gasteiger partial charge in [-0.3, -0.25) is 0 Å². The minimum atomic E-state index is 0.666. The minimum Gasteiger partial charge on any atom is -0.497 e. The van der Waals surface area contributed by atoms with Gasteiger partial charge in [-0.25, -0.2) is 4.98 Å². The molecule has 96 valence electrons. The van der Waals surface area contributed by atoms with Gasteiger partial charge in [-0.05, 0) is 43.7 Å². The van der Waals surface area contributed by atoms with Crippen LogP contribution >= 0.6 is 0 Å². The summed E-state index contributed by atoms with van der Waals surface area (Å²) in [5, 5.41) is 1.06. The molecule has 2 aromatic rings. The highest BCUT2D eigenvalue weighted by Gasteiger charge is 2.07. The van der Waals surface area contributed by atoms with Gasteiger partial charge in [0.1, 0.15) is 5.75 Å². The SMILES string of the molecule is COc1ccc2nc(OC)c(CCCN)cc2c1. The van der Waals surface area contributed by atoms with Crippen LogP contribution < -0.4 is 15.2 Å². The van der Waals surface area contributed by atoms with Crippen LogP contribution in [0, 0.1) is 0 Å². The first kappa shape index (κ1) is 12.6. The van der Waals surface area contributed by atoms with Gasteiger partial charge in [-0.1, -0.05) is 0 Å². The zero-order valence-corrected chi connectivity index (χ0v) is 10.8. The van der Waals surface area contributed by atoms with Crippen molar-refractivity contribution in [3.05, 3.63) is 29.8 Å². The van der Waals surface area contributed by atoms with E-state index in [-0.39, 0.29) is 0 Å². The van der Waals surface area contributed by atoms with Crippen molar-refractivity contribution >= 4 is 10.9 Å². The monoisotopic (exact) mass is 246 g/mol. The Labute approximate surface area is 107 Å². The molecule has 1 aromatic carbocycles. The van der Waals surface area contributed by atoms with Crippen LogP contribution in [0.15, 0.2) is 24.3 Å². The molecule has 1 aromatic heterocycles. The number of nitrogens with two attached hydrogens (primary N) is 1. The molecule has 0 unspecified atom stereocenters. The van der Waals surface area contributed by atoms with E-state index in [0.717, 1.165) is 35.1 Å². The molecule has 2 N–H and O–H groups in total. The number of ether oxygens (including phenoxy) is 2. The second-order valence-electron chi connectivity index (χ2n) is 4.11. The number of nitrogens with zero attached hydrogens (tertiary/aromatic N) is 1. The molecule has 1 heterocycles. The Kier molecular flexibility index (Phi) is 3.99. The predicted molar refractivity (Wildman–Crippen MR) is 72.2 cm³/mol. The van der Waals surface area contributed by atoms with Crippen molar-refractivity contribution in [1.82, 2.24) is 4.98 Å². The molecule has 0 bridgehead atoms. The molecule has 0 spiro atoms. The lowest BCUT2D eigenvalue weighted by Gasteiger charge is -2.09. The zero-order valence-electron chi connectivity index (χ0n) is 10.8. The molecule has 2 rings (SSSR count). The lowest BCUT2D eigenvalue weighted by Crippen LogP contribution is -2.02. The van der Waals surface area contributed by atoms with Gasteiger partial charge in [0.2, 0.25) is 5.88 Å². The third-order valence-electron chi connectivity index (χ3n) is 2.90. The summed E-state index contributed by atoms with van der Waals surface area (Å²) in [4.78, 5) is 4.50. The first-order valence-electron chi connectivity index (χ1n) is 6.00. The van der Waals surface area contributed by atoms with E-state index in [1.54, 1.807) is 14.2 Å². The molecule has 4 nitrogen and oxygen atoms in total. The summed E-state index contributed by atoms with van der Waals surface area (Å²) >= 11 is 0. The molecule has 0 saturated heterocycles. The van der Waals surface area contributed by atoms with Crippen LogP contribution in [0.1, 0.15) is 12.0 Å². The molecule has 4 heteroatoms. The van der Waals surface area contributed by atoms with Crippen molar-refractivity contribution < 1.29 is 9.47 Å². The average molecular weight is 246 g/mol. The molecular formula is C14H18N2O2. The van der Waals surface area contributed by atoms with Gasteiger partial charge in [-0.2, -0.15) is 0 Å². The van der Waals surface area contributed by atoms with Crippen LogP contribution in [0.25, 0.3) is 10.9 Å². The fourth-order valence-corrected chi connectivity index (χ4v) is 1.96. The summed E-state index contributed by atoms with van der Waals surface area (Å²) in [7, 11) is 3.30. The molecule has 0 aliphatic rings. The Morgan fingerprint density at radius 3 is 2.67 bits per heavy atom. The summed E-state index contributed by atoms with van der Waals surface area (Å²) in [6, 6.07) is 7.91. The highest BCUT2D eigenvalue weighted by molar-refractivity contribution is 5.81. The summed E-state index contributed by atoms with van der Waals surface area (Å²) in [5.74, 6) is 1.51. The molecule has 18 heavy (non-hydrogen) atoms. The maximum absolute atomic E-state index is 5.54. The van der Waals surface area contributed by atoms with Gasteiger partial charge in [-0.15, -0.1) is 0 Å². The fourth-order valence-electron chi connectivity index (χ4n) is 1.96. The van der Waals surface area contributed by atoms with Crippen molar-refractivity contribution in [3.8, 4) is 11.6 Å². The number of fused-ring (bicyclic) bond motifs is 1. The van der Waals surface area contributed by atoms with Gasteiger partial charge in [0.15, 0.2) is 0 Å². The van der Waals surface area contributed by atoms with Crippen LogP contribution in [0.4, 0.5) is 0 Å². The first-order chi connectivity index (χ1) is 8.78. The van der Waals surface area contributed by atoms with E-state index in [4.69, 9.17) is 15.2 Å². The van der Waals surface area contributed by atoms with Crippen molar-refractivity contribution in [2.45, 2.75) is 12.8 Å². The molecule has 0 aliphatic carbocycles. The van der Waals surface area contributed by atoms with E-state index in [0.29, 0.717) is 12.4 Å². The van der Waals surface area contributed by atoms with E-state index in [1.165, 1.54) is 0 Å². The third-order valence-corrected chi connectivity index (χ3v) is 2.90. The van der Waals surface area contributed by atoms with Crippen molar-refractivity contribution in [2.24, 2.45) is 5.73 Å². The number of pyridine rings is 1. The topological polar surface area (TPSA) is 57.4 Å². The van der Waals surface area contributed by atoms with Gasteiger partial charge < -0.3 is 15.2 Å². The summed E-state index contributed by atoms with van der Waals surface area (Å²) in [6.07, 6.45) is 1.80. The van der Waals surface area contributed by atoms with E-state index >= 15 is 0 Å². The minimum absolute atomic E-state index is 0.666. The Balaban J connectivity index is 2.47. The standard InChI is InChI=1S/C14H18N2O2/c1-17-12-5-6-13-11(9-12)8-10(4-3-7-15)14(16-13)18-2/h5-6,8-9H,3-4,7,15H2,1-2H3. The summed E-state index contributed by atoms with van der Waals surface area (Å²) < 4.78 is 10.5. The van der Waals surface area contributed by atoms with Gasteiger partial charge in [0.05, 0.1) is 19.7 Å². The maximum Gasteiger partial charge on any atom is 0.216 e. The van der Waals surface area contributed by atoms with E-state index in [2.05, 4.69) is 11.1 Å². The van der Waals surface area contributed by atoms with Gasteiger partial charge in [0.25, 0.3) is 0 Å². The average Bonchev–Trinajstić information content (AvgIpc) is 2.43. The van der Waals surface area contributed by atoms with E-state index in [9.17, 15) is 0 Å². The Morgan fingerprint density at radius 2 is 2.00 bits per heavy atom. The molecule has 0 fully saturated rings. The smallest absolute Gasteiger partial charge is 0.216 e. The molecule has 0 radical (unpaired) electrons. The van der Waals surface area contributed by atoms with E-state index in [1.807, 2.05) is 18.2 Å². The molecular weight excluding hydrogens is 228 g/mol. The number of methoxy groups -OCH3 is 2. The molecule has 0 saturated carbocycles. The van der Waals surface area contributed by atoms with Crippen LogP contribution in [-0.2, 0) is 6.42 Å². The highest BCUT2D eigenvalue weighted by atomic mass is 16.5. The second-order valence-corrected chi connectivity index (χ2v) is 4.11. The van der Waals surface area contributed by atoms with Crippen molar-refractivity contribution in [1.29, 1.82) is 0 Å². The number of hydrogen-bond acceptors (Lipinski definition) is 4. The highest BCUT2D eigenvalue weighted by Crippen LogP contribution is 2.26. The van der Waals surface area contributed by atoms with Crippen LogP contribution in [-0.4, -0.2) is 25.7 Å². The van der Waals surface area contributed by atoms with Crippen molar-refractivity contribution in [2.75, 3.05) is 20.8 Å². The third kappa shape index (κ3) is 2.54. The number of aryl methyl sites for hydroxylation is 1. The zero-order chi connectivity index (χ0) is 13.0. The van der Waals surface area contributed by atoms with Crippen molar-refractivity contribution in [3.63, 3.8) is 0 Å². The summed E-state index contributed by atoms with van der Waals surface area (Å²) in [6.45, 7) is 0.666. The summed E-state index contributed by atoms with van der Waals surface area (Å²) in [5.41, 5.74) is 7.54. The largest absolute Gasteiger partial charge is 0.497 e. The number of rotatable bonds is 5. The van der Waals surface area contributed by atoms with Crippen LogP contribution in [0.3, 0.4) is 0 Å². The number of hydrogen-bond donors (Lipinski definition) is 1. The van der Waals surface area contributed by atoms with E-state index < -0.39 is 0 Å². The van der Waals surface area contributed by atoms with Crippen LogP contribution in [0.2, 0.25) is 0 Å². The lowest BCUT2D eigenvalue weighted by molar-refractivity contribution is 0.393. The Bertz CT molecular complexity index is 541. The fraction of sp³-hybridized carbons (Fsp3) is 0.357. The number of aromatic nitrogens is 1. The molecule has 0 aliphatic heterocycles. The lowest BCUT2D eigenvalue weighted by atomic mass is 10.1. The second kappa shape index (κ2) is 5.69. The number of benzene rings is 1. The van der Waals surface area contributed by atoms with Gasteiger partial charge in [0, 0.05) is 10.9 Å². The van der Waals surface area contributed by atoms with Gasteiger partial charge >= 0.3 is 0 Å². The quantitative estimate of drug-likeness (QED) is 0.878. The first-order valence-corrected chi connectivity index (χ1v) is 6.00. The molecule has 0 amide bonds.